The lowest BCUT2D eigenvalue weighted by Gasteiger charge is -2.22. The molecular weight excluding hydrogens is 374 g/mol. The molecule has 0 atom stereocenters. The van der Waals surface area contributed by atoms with Crippen molar-refractivity contribution in [3.8, 4) is 5.75 Å². The van der Waals surface area contributed by atoms with Gasteiger partial charge in [0.1, 0.15) is 17.3 Å². The van der Waals surface area contributed by atoms with Crippen LogP contribution in [0.1, 0.15) is 10.4 Å². The maximum absolute atomic E-state index is 13.2. The van der Waals surface area contributed by atoms with E-state index < -0.39 is 0 Å². The van der Waals surface area contributed by atoms with Crippen molar-refractivity contribution in [2.24, 2.45) is 0 Å². The maximum atomic E-state index is 13.2. The number of carbonyl (C=O) groups is 2. The number of hydrogen-bond acceptors (Lipinski definition) is 5. The number of para-hydroxylation sites is 1. The number of carbonyl (C=O) groups excluding carboxylic acids is 2. The fourth-order valence-corrected chi connectivity index (χ4v) is 3.98. The number of methoxy groups -OCH3 is 1. The normalized spacial score (nSPS) is 12.6. The standard InChI is InChI=1S/C21H17N3O3S/c1-27-15-7-4-6-14(12-15)23-19(25)13-24-17-9-2-3-10-18(17)28-20-16(21(24)26)8-5-11-22-20/h2-12H,13H2,1H3,(H,23,25). The lowest BCUT2D eigenvalue weighted by Crippen LogP contribution is -2.38. The summed E-state index contributed by atoms with van der Waals surface area (Å²) in [5.74, 6) is 0.0977. The predicted octanol–water partition coefficient (Wildman–Crippen LogP) is 3.84. The Hall–Kier alpha value is -3.32. The highest BCUT2D eigenvalue weighted by atomic mass is 32.2. The number of pyridine rings is 1. The summed E-state index contributed by atoms with van der Waals surface area (Å²) in [7, 11) is 1.57. The SMILES string of the molecule is COc1cccc(NC(=O)CN2C(=O)c3cccnc3Sc3ccccc32)c1. The Morgan fingerprint density at radius 3 is 2.86 bits per heavy atom. The molecule has 0 radical (unpaired) electrons. The van der Waals surface area contributed by atoms with Crippen molar-refractivity contribution in [2.45, 2.75) is 9.92 Å². The van der Waals surface area contributed by atoms with E-state index in [1.54, 1.807) is 49.7 Å². The Bertz CT molecular complexity index is 1050. The number of nitrogens with zero attached hydrogens (tertiary/aromatic N) is 2. The molecule has 6 nitrogen and oxygen atoms in total. The van der Waals surface area contributed by atoms with Gasteiger partial charge in [0.05, 0.1) is 18.4 Å². The predicted molar refractivity (Wildman–Crippen MR) is 108 cm³/mol. The van der Waals surface area contributed by atoms with Gasteiger partial charge in [0.2, 0.25) is 5.91 Å². The molecule has 1 N–H and O–H groups in total. The van der Waals surface area contributed by atoms with E-state index in [0.717, 1.165) is 4.90 Å². The monoisotopic (exact) mass is 391 g/mol. The third-order valence-electron chi connectivity index (χ3n) is 4.26. The fourth-order valence-electron chi connectivity index (χ4n) is 2.96. The van der Waals surface area contributed by atoms with Crippen LogP contribution in [-0.4, -0.2) is 30.5 Å². The third-order valence-corrected chi connectivity index (χ3v) is 5.35. The van der Waals surface area contributed by atoms with Crippen molar-refractivity contribution in [1.82, 2.24) is 4.98 Å². The molecule has 0 fully saturated rings. The zero-order valence-corrected chi connectivity index (χ0v) is 15.9. The van der Waals surface area contributed by atoms with Crippen LogP contribution in [0.3, 0.4) is 0 Å². The highest BCUT2D eigenvalue weighted by Gasteiger charge is 2.29. The molecule has 0 saturated heterocycles. The Morgan fingerprint density at radius 2 is 2.00 bits per heavy atom. The molecular formula is C21H17N3O3S. The summed E-state index contributed by atoms with van der Waals surface area (Å²) in [5, 5.41) is 3.46. The van der Waals surface area contributed by atoms with Crippen molar-refractivity contribution >= 4 is 35.0 Å². The van der Waals surface area contributed by atoms with Crippen LogP contribution in [0.15, 0.2) is 76.8 Å². The van der Waals surface area contributed by atoms with Crippen LogP contribution in [0, 0.1) is 0 Å². The van der Waals surface area contributed by atoms with E-state index in [2.05, 4.69) is 10.3 Å². The lowest BCUT2D eigenvalue weighted by molar-refractivity contribution is -0.114. The van der Waals surface area contributed by atoms with Gasteiger partial charge in [0, 0.05) is 22.8 Å². The van der Waals surface area contributed by atoms with Gasteiger partial charge in [-0.1, -0.05) is 30.0 Å². The van der Waals surface area contributed by atoms with Crippen molar-refractivity contribution in [1.29, 1.82) is 0 Å². The lowest BCUT2D eigenvalue weighted by atomic mass is 10.2. The minimum absolute atomic E-state index is 0.109. The molecule has 4 rings (SSSR count). The van der Waals surface area contributed by atoms with Gasteiger partial charge in [0.15, 0.2) is 0 Å². The zero-order chi connectivity index (χ0) is 19.5. The second-order valence-electron chi connectivity index (χ2n) is 6.10. The molecule has 0 spiro atoms. The van der Waals surface area contributed by atoms with Gasteiger partial charge in [-0.15, -0.1) is 0 Å². The van der Waals surface area contributed by atoms with E-state index in [1.807, 2.05) is 24.3 Å². The summed E-state index contributed by atoms with van der Waals surface area (Å²) >= 11 is 1.42. The molecule has 28 heavy (non-hydrogen) atoms. The van der Waals surface area contributed by atoms with Gasteiger partial charge >= 0.3 is 0 Å². The van der Waals surface area contributed by atoms with E-state index in [4.69, 9.17) is 4.74 Å². The Morgan fingerprint density at radius 1 is 1.14 bits per heavy atom. The average Bonchev–Trinajstić information content (AvgIpc) is 2.83. The van der Waals surface area contributed by atoms with Crippen LogP contribution >= 0.6 is 11.8 Å². The first-order valence-corrected chi connectivity index (χ1v) is 9.45. The molecule has 7 heteroatoms. The van der Waals surface area contributed by atoms with Gasteiger partial charge < -0.3 is 10.1 Å². The smallest absolute Gasteiger partial charge is 0.261 e. The number of hydrogen-bond donors (Lipinski definition) is 1. The van der Waals surface area contributed by atoms with Crippen LogP contribution in [0.25, 0.3) is 0 Å². The average molecular weight is 391 g/mol. The van der Waals surface area contributed by atoms with Gasteiger partial charge in [-0.3, -0.25) is 14.5 Å². The van der Waals surface area contributed by atoms with E-state index in [0.29, 0.717) is 27.7 Å². The second kappa shape index (κ2) is 7.74. The summed E-state index contributed by atoms with van der Waals surface area (Å²) < 4.78 is 5.18. The van der Waals surface area contributed by atoms with Crippen LogP contribution in [0.5, 0.6) is 5.75 Å². The number of aromatic nitrogens is 1. The van der Waals surface area contributed by atoms with Crippen LogP contribution < -0.4 is 15.0 Å². The zero-order valence-electron chi connectivity index (χ0n) is 15.1. The first-order valence-electron chi connectivity index (χ1n) is 8.63. The first-order chi connectivity index (χ1) is 13.7. The van der Waals surface area contributed by atoms with Gasteiger partial charge in [-0.05, 0) is 36.4 Å². The van der Waals surface area contributed by atoms with Crippen molar-refractivity contribution in [2.75, 3.05) is 23.9 Å². The quantitative estimate of drug-likeness (QED) is 0.732. The highest BCUT2D eigenvalue weighted by Crippen LogP contribution is 2.39. The Labute approximate surface area is 166 Å². The number of benzene rings is 2. The van der Waals surface area contributed by atoms with E-state index in [-0.39, 0.29) is 18.4 Å². The van der Waals surface area contributed by atoms with Crippen molar-refractivity contribution in [3.05, 3.63) is 72.4 Å². The minimum Gasteiger partial charge on any atom is -0.497 e. The molecule has 0 bridgehead atoms. The maximum Gasteiger partial charge on any atom is 0.261 e. The van der Waals surface area contributed by atoms with Gasteiger partial charge in [-0.25, -0.2) is 4.98 Å². The summed E-state index contributed by atoms with van der Waals surface area (Å²) in [4.78, 5) is 32.6. The molecule has 2 heterocycles. The number of fused-ring (bicyclic) bond motifs is 2. The molecule has 2 amide bonds. The molecule has 0 unspecified atom stereocenters. The van der Waals surface area contributed by atoms with Crippen LogP contribution in [0.2, 0.25) is 0 Å². The van der Waals surface area contributed by atoms with Crippen LogP contribution in [-0.2, 0) is 4.79 Å². The number of amides is 2. The van der Waals surface area contributed by atoms with Gasteiger partial charge in [0.25, 0.3) is 5.91 Å². The number of nitrogens with one attached hydrogen (secondary N) is 1. The number of anilines is 2. The van der Waals surface area contributed by atoms with Crippen molar-refractivity contribution in [3.63, 3.8) is 0 Å². The molecule has 0 saturated carbocycles. The van der Waals surface area contributed by atoms with Crippen molar-refractivity contribution < 1.29 is 14.3 Å². The van der Waals surface area contributed by atoms with E-state index in [9.17, 15) is 9.59 Å². The Kier molecular flexibility index (Phi) is 4.99. The molecule has 0 aliphatic carbocycles. The van der Waals surface area contributed by atoms with Crippen LogP contribution in [0.4, 0.5) is 11.4 Å². The number of ether oxygens (including phenoxy) is 1. The van der Waals surface area contributed by atoms with E-state index >= 15 is 0 Å². The fraction of sp³-hybridized carbons (Fsp3) is 0.0952. The summed E-state index contributed by atoms with van der Waals surface area (Å²) in [5.41, 5.74) is 1.78. The highest BCUT2D eigenvalue weighted by molar-refractivity contribution is 7.99. The molecule has 3 aromatic rings. The molecule has 2 aromatic carbocycles. The minimum atomic E-state index is -0.297. The molecule has 1 aromatic heterocycles. The first kappa shape index (κ1) is 18.1. The van der Waals surface area contributed by atoms with E-state index in [1.165, 1.54) is 16.7 Å². The Balaban J connectivity index is 1.64. The molecule has 1 aliphatic rings. The second-order valence-corrected chi connectivity index (χ2v) is 7.13. The molecule has 1 aliphatic heterocycles. The summed E-state index contributed by atoms with van der Waals surface area (Å²) in [6.45, 7) is -0.109. The van der Waals surface area contributed by atoms with Gasteiger partial charge in [-0.2, -0.15) is 0 Å². The topological polar surface area (TPSA) is 71.5 Å². The largest absolute Gasteiger partial charge is 0.497 e. The third kappa shape index (κ3) is 3.57. The summed E-state index contributed by atoms with van der Waals surface area (Å²) in [6, 6.07) is 18.1. The number of rotatable bonds is 4. The molecule has 140 valence electrons. The summed E-state index contributed by atoms with van der Waals surface area (Å²) in [6.07, 6.45) is 1.66.